The lowest BCUT2D eigenvalue weighted by atomic mass is 9.99. The van der Waals surface area contributed by atoms with Crippen molar-refractivity contribution < 1.29 is 4.79 Å². The molecule has 1 fully saturated rings. The SMILES string of the molecule is CC1CC(NC(=O)c2cc(Br)cn2C(C)C)CCN1C. The van der Waals surface area contributed by atoms with E-state index in [1.165, 1.54) is 0 Å². The van der Waals surface area contributed by atoms with E-state index in [9.17, 15) is 4.79 Å². The normalized spacial score (nSPS) is 24.1. The van der Waals surface area contributed by atoms with Crippen LogP contribution in [0.25, 0.3) is 0 Å². The van der Waals surface area contributed by atoms with Crippen molar-refractivity contribution in [1.29, 1.82) is 0 Å². The number of nitrogens with zero attached hydrogens (tertiary/aromatic N) is 2. The van der Waals surface area contributed by atoms with Gasteiger partial charge in [-0.3, -0.25) is 4.79 Å². The fraction of sp³-hybridized carbons (Fsp3) is 0.667. The van der Waals surface area contributed by atoms with Gasteiger partial charge in [-0.25, -0.2) is 0 Å². The van der Waals surface area contributed by atoms with E-state index in [4.69, 9.17) is 0 Å². The third-order valence-electron chi connectivity index (χ3n) is 4.15. The van der Waals surface area contributed by atoms with Crippen molar-refractivity contribution in [2.75, 3.05) is 13.6 Å². The van der Waals surface area contributed by atoms with Crippen LogP contribution in [0, 0.1) is 0 Å². The van der Waals surface area contributed by atoms with Gasteiger partial charge in [0.05, 0.1) is 0 Å². The Kier molecular flexibility index (Phi) is 4.91. The first-order valence-electron chi connectivity index (χ1n) is 7.27. The summed E-state index contributed by atoms with van der Waals surface area (Å²) in [7, 11) is 2.14. The Morgan fingerprint density at radius 2 is 2.20 bits per heavy atom. The highest BCUT2D eigenvalue weighted by molar-refractivity contribution is 9.10. The number of hydrogen-bond donors (Lipinski definition) is 1. The van der Waals surface area contributed by atoms with Crippen LogP contribution < -0.4 is 5.32 Å². The van der Waals surface area contributed by atoms with Gasteiger partial charge in [-0.05, 0) is 62.7 Å². The number of halogens is 1. The van der Waals surface area contributed by atoms with E-state index in [0.29, 0.717) is 6.04 Å². The molecule has 2 rings (SSSR count). The van der Waals surface area contributed by atoms with E-state index in [1.54, 1.807) is 0 Å². The minimum Gasteiger partial charge on any atom is -0.348 e. The highest BCUT2D eigenvalue weighted by Gasteiger charge is 2.25. The summed E-state index contributed by atoms with van der Waals surface area (Å²) < 4.78 is 2.96. The molecule has 0 bridgehead atoms. The van der Waals surface area contributed by atoms with Crippen molar-refractivity contribution in [2.45, 2.75) is 51.7 Å². The second-order valence-corrected chi connectivity index (χ2v) is 6.98. The lowest BCUT2D eigenvalue weighted by Crippen LogP contribution is -2.47. The number of aromatic nitrogens is 1. The maximum absolute atomic E-state index is 12.5. The first-order chi connectivity index (χ1) is 9.38. The van der Waals surface area contributed by atoms with Gasteiger partial charge in [-0.1, -0.05) is 0 Å². The Morgan fingerprint density at radius 1 is 1.50 bits per heavy atom. The van der Waals surface area contributed by atoms with Crippen molar-refractivity contribution in [1.82, 2.24) is 14.8 Å². The van der Waals surface area contributed by atoms with Crippen LogP contribution in [0.3, 0.4) is 0 Å². The van der Waals surface area contributed by atoms with Crippen LogP contribution in [-0.4, -0.2) is 41.1 Å². The van der Waals surface area contributed by atoms with Crippen molar-refractivity contribution in [3.05, 3.63) is 22.4 Å². The highest BCUT2D eigenvalue weighted by Crippen LogP contribution is 2.21. The molecule has 2 heterocycles. The molecule has 0 aromatic carbocycles. The molecule has 1 aliphatic rings. The summed E-state index contributed by atoms with van der Waals surface area (Å²) in [5.74, 6) is 0.0335. The van der Waals surface area contributed by atoms with E-state index >= 15 is 0 Å². The summed E-state index contributed by atoms with van der Waals surface area (Å²) >= 11 is 3.45. The monoisotopic (exact) mass is 341 g/mol. The molecule has 4 nitrogen and oxygen atoms in total. The number of piperidine rings is 1. The maximum atomic E-state index is 12.5. The van der Waals surface area contributed by atoms with E-state index in [1.807, 2.05) is 16.8 Å². The molecule has 112 valence electrons. The quantitative estimate of drug-likeness (QED) is 0.917. The van der Waals surface area contributed by atoms with Gasteiger partial charge in [0.25, 0.3) is 5.91 Å². The van der Waals surface area contributed by atoms with E-state index in [-0.39, 0.29) is 18.0 Å². The number of amides is 1. The third kappa shape index (κ3) is 3.44. The molecule has 2 unspecified atom stereocenters. The van der Waals surface area contributed by atoms with Gasteiger partial charge < -0.3 is 14.8 Å². The molecule has 1 aromatic heterocycles. The summed E-state index contributed by atoms with van der Waals surface area (Å²) in [5, 5.41) is 3.19. The minimum absolute atomic E-state index is 0.0335. The minimum atomic E-state index is 0.0335. The lowest BCUT2D eigenvalue weighted by Gasteiger charge is -2.35. The third-order valence-corrected chi connectivity index (χ3v) is 4.58. The topological polar surface area (TPSA) is 37.3 Å². The Hall–Kier alpha value is -0.810. The molecule has 1 N–H and O–H groups in total. The van der Waals surface area contributed by atoms with Crippen molar-refractivity contribution in [3.63, 3.8) is 0 Å². The molecule has 0 saturated carbocycles. The van der Waals surface area contributed by atoms with Crippen LogP contribution in [0.15, 0.2) is 16.7 Å². The largest absolute Gasteiger partial charge is 0.348 e. The molecule has 0 aliphatic carbocycles. The smallest absolute Gasteiger partial charge is 0.268 e. The van der Waals surface area contributed by atoms with Crippen molar-refractivity contribution in [3.8, 4) is 0 Å². The molecule has 1 amide bonds. The highest BCUT2D eigenvalue weighted by atomic mass is 79.9. The number of hydrogen-bond acceptors (Lipinski definition) is 2. The Balaban J connectivity index is 2.05. The second-order valence-electron chi connectivity index (χ2n) is 6.07. The van der Waals surface area contributed by atoms with Crippen LogP contribution in [0.2, 0.25) is 0 Å². The molecule has 2 atom stereocenters. The zero-order chi connectivity index (χ0) is 14.9. The summed E-state index contributed by atoms with van der Waals surface area (Å²) in [5.41, 5.74) is 0.735. The van der Waals surface area contributed by atoms with Gasteiger partial charge in [-0.15, -0.1) is 0 Å². The number of carbonyl (C=O) groups is 1. The van der Waals surface area contributed by atoms with E-state index < -0.39 is 0 Å². The molecule has 1 saturated heterocycles. The molecule has 0 spiro atoms. The van der Waals surface area contributed by atoms with Gasteiger partial charge in [-0.2, -0.15) is 0 Å². The Labute approximate surface area is 129 Å². The number of nitrogens with one attached hydrogen (secondary N) is 1. The zero-order valence-electron chi connectivity index (χ0n) is 12.7. The van der Waals surface area contributed by atoms with Crippen LogP contribution in [0.4, 0.5) is 0 Å². The standard InChI is InChI=1S/C15H24BrN3O/c1-10(2)19-9-12(16)8-14(19)15(20)17-13-5-6-18(4)11(3)7-13/h8-11,13H,5-7H2,1-4H3,(H,17,20). The second kappa shape index (κ2) is 6.31. The molecule has 5 heteroatoms. The number of carbonyl (C=O) groups excluding carboxylic acids is 1. The molecular formula is C15H24BrN3O. The number of likely N-dealkylation sites (tertiary alicyclic amines) is 1. The van der Waals surface area contributed by atoms with Crippen LogP contribution >= 0.6 is 15.9 Å². The van der Waals surface area contributed by atoms with Gasteiger partial charge in [0, 0.05) is 35.3 Å². The molecular weight excluding hydrogens is 318 g/mol. The van der Waals surface area contributed by atoms with Crippen LogP contribution in [0.1, 0.15) is 50.1 Å². The first-order valence-corrected chi connectivity index (χ1v) is 8.06. The van der Waals surface area contributed by atoms with Crippen molar-refractivity contribution in [2.24, 2.45) is 0 Å². The molecule has 0 radical (unpaired) electrons. The van der Waals surface area contributed by atoms with Gasteiger partial charge in [0.15, 0.2) is 0 Å². The van der Waals surface area contributed by atoms with Crippen LogP contribution in [-0.2, 0) is 0 Å². The average Bonchev–Trinajstić information content (AvgIpc) is 2.76. The fourth-order valence-corrected chi connectivity index (χ4v) is 3.17. The predicted molar refractivity (Wildman–Crippen MR) is 85.1 cm³/mol. The van der Waals surface area contributed by atoms with E-state index in [2.05, 4.69) is 54.0 Å². The summed E-state index contributed by atoms with van der Waals surface area (Å²) in [6, 6.07) is 2.98. The summed E-state index contributed by atoms with van der Waals surface area (Å²) in [6.07, 6.45) is 4.01. The van der Waals surface area contributed by atoms with Crippen molar-refractivity contribution >= 4 is 21.8 Å². The fourth-order valence-electron chi connectivity index (χ4n) is 2.73. The number of rotatable bonds is 3. The van der Waals surface area contributed by atoms with Gasteiger partial charge >= 0.3 is 0 Å². The molecule has 1 aliphatic heterocycles. The Morgan fingerprint density at radius 3 is 2.80 bits per heavy atom. The molecule has 1 aromatic rings. The Bertz CT molecular complexity index is 483. The average molecular weight is 342 g/mol. The predicted octanol–water partition coefficient (Wildman–Crippen LogP) is 3.04. The first kappa shape index (κ1) is 15.6. The zero-order valence-corrected chi connectivity index (χ0v) is 14.3. The van der Waals surface area contributed by atoms with Crippen LogP contribution in [0.5, 0.6) is 0 Å². The van der Waals surface area contributed by atoms with E-state index in [0.717, 1.165) is 29.6 Å². The summed E-state index contributed by atoms with van der Waals surface area (Å²) in [4.78, 5) is 14.8. The molecule has 20 heavy (non-hydrogen) atoms. The lowest BCUT2D eigenvalue weighted by molar-refractivity contribution is 0.0886. The summed E-state index contributed by atoms with van der Waals surface area (Å²) in [6.45, 7) is 7.43. The van der Waals surface area contributed by atoms with Gasteiger partial charge in [0.1, 0.15) is 5.69 Å². The maximum Gasteiger partial charge on any atom is 0.268 e. The van der Waals surface area contributed by atoms with Gasteiger partial charge in [0.2, 0.25) is 0 Å².